The molecule has 2 N–H and O–H groups in total. The zero-order valence-electron chi connectivity index (χ0n) is 13.5. The first-order valence-electron chi connectivity index (χ1n) is 8.03. The highest BCUT2D eigenvalue weighted by Gasteiger charge is 2.47. The van der Waals surface area contributed by atoms with E-state index >= 15 is 0 Å². The summed E-state index contributed by atoms with van der Waals surface area (Å²) in [7, 11) is 0. The van der Waals surface area contributed by atoms with E-state index in [1.54, 1.807) is 0 Å². The molecule has 18 heavy (non-hydrogen) atoms. The third-order valence-electron chi connectivity index (χ3n) is 5.43. The Bertz CT molecular complexity index is 246. The SMILES string of the molecule is CC(N)CCCCC1(C)CC(C)C(C)C1C(C)C. The molecule has 1 nitrogen and oxygen atoms in total. The Morgan fingerprint density at radius 2 is 1.78 bits per heavy atom. The summed E-state index contributed by atoms with van der Waals surface area (Å²) in [6.07, 6.45) is 6.68. The molecule has 0 aromatic rings. The van der Waals surface area contributed by atoms with Crippen LogP contribution >= 0.6 is 0 Å². The van der Waals surface area contributed by atoms with Crippen molar-refractivity contribution in [2.45, 2.75) is 79.7 Å². The lowest BCUT2D eigenvalue weighted by molar-refractivity contribution is 0.127. The van der Waals surface area contributed by atoms with Gasteiger partial charge >= 0.3 is 0 Å². The average Bonchev–Trinajstić information content (AvgIpc) is 2.45. The summed E-state index contributed by atoms with van der Waals surface area (Å²) in [6, 6.07) is 0.375. The molecular weight excluding hydrogens is 218 g/mol. The van der Waals surface area contributed by atoms with E-state index in [9.17, 15) is 0 Å². The largest absolute Gasteiger partial charge is 0.328 e. The van der Waals surface area contributed by atoms with E-state index in [0.717, 1.165) is 23.7 Å². The summed E-state index contributed by atoms with van der Waals surface area (Å²) in [5, 5.41) is 0. The first-order valence-corrected chi connectivity index (χ1v) is 8.03. The fourth-order valence-corrected chi connectivity index (χ4v) is 4.72. The molecule has 0 amide bonds. The van der Waals surface area contributed by atoms with E-state index in [-0.39, 0.29) is 0 Å². The number of hydrogen-bond acceptors (Lipinski definition) is 1. The molecule has 1 aliphatic rings. The Morgan fingerprint density at radius 1 is 1.17 bits per heavy atom. The second-order valence-corrected chi connectivity index (χ2v) is 7.69. The summed E-state index contributed by atoms with van der Waals surface area (Å²) < 4.78 is 0. The van der Waals surface area contributed by atoms with Crippen molar-refractivity contribution < 1.29 is 0 Å². The van der Waals surface area contributed by atoms with Gasteiger partial charge in [0.2, 0.25) is 0 Å². The third-order valence-corrected chi connectivity index (χ3v) is 5.43. The van der Waals surface area contributed by atoms with Gasteiger partial charge in [-0.2, -0.15) is 0 Å². The number of unbranched alkanes of at least 4 members (excludes halogenated alkanes) is 1. The fraction of sp³-hybridized carbons (Fsp3) is 1.00. The van der Waals surface area contributed by atoms with E-state index < -0.39 is 0 Å². The van der Waals surface area contributed by atoms with Gasteiger partial charge < -0.3 is 5.73 Å². The highest BCUT2D eigenvalue weighted by atomic mass is 14.6. The van der Waals surface area contributed by atoms with Gasteiger partial charge in [0.25, 0.3) is 0 Å². The zero-order valence-corrected chi connectivity index (χ0v) is 13.5. The molecule has 1 fully saturated rings. The predicted octanol–water partition coefficient (Wildman–Crippen LogP) is 4.85. The summed E-state index contributed by atoms with van der Waals surface area (Å²) in [5.74, 6) is 3.52. The smallest absolute Gasteiger partial charge is 0.00104 e. The second-order valence-electron chi connectivity index (χ2n) is 7.69. The van der Waals surface area contributed by atoms with Crippen molar-refractivity contribution in [2.75, 3.05) is 0 Å². The van der Waals surface area contributed by atoms with Crippen molar-refractivity contribution >= 4 is 0 Å². The van der Waals surface area contributed by atoms with Crippen LogP contribution in [0.25, 0.3) is 0 Å². The van der Waals surface area contributed by atoms with Gasteiger partial charge in [-0.05, 0) is 55.3 Å². The molecule has 0 radical (unpaired) electrons. The summed E-state index contributed by atoms with van der Waals surface area (Å²) in [5.41, 5.74) is 6.41. The molecule has 5 atom stereocenters. The van der Waals surface area contributed by atoms with Crippen LogP contribution in [-0.4, -0.2) is 6.04 Å². The maximum Gasteiger partial charge on any atom is 0.00104 e. The van der Waals surface area contributed by atoms with Gasteiger partial charge in [-0.15, -0.1) is 0 Å². The molecule has 1 heteroatoms. The fourth-order valence-electron chi connectivity index (χ4n) is 4.72. The lowest BCUT2D eigenvalue weighted by atomic mass is 9.69. The third kappa shape index (κ3) is 3.73. The van der Waals surface area contributed by atoms with Crippen LogP contribution in [0.2, 0.25) is 0 Å². The molecule has 0 saturated heterocycles. The molecule has 0 heterocycles. The van der Waals surface area contributed by atoms with Gasteiger partial charge in [0.15, 0.2) is 0 Å². The van der Waals surface area contributed by atoms with Gasteiger partial charge in [0, 0.05) is 6.04 Å². The van der Waals surface area contributed by atoms with Gasteiger partial charge in [-0.3, -0.25) is 0 Å². The van der Waals surface area contributed by atoms with E-state index in [4.69, 9.17) is 5.73 Å². The minimum Gasteiger partial charge on any atom is -0.328 e. The Labute approximate surface area is 115 Å². The van der Waals surface area contributed by atoms with E-state index in [2.05, 4.69) is 41.5 Å². The van der Waals surface area contributed by atoms with E-state index in [1.807, 2.05) is 0 Å². The molecule has 0 aromatic carbocycles. The molecule has 108 valence electrons. The molecule has 0 bridgehead atoms. The quantitative estimate of drug-likeness (QED) is 0.673. The van der Waals surface area contributed by atoms with Crippen molar-refractivity contribution in [3.05, 3.63) is 0 Å². The summed E-state index contributed by atoms with van der Waals surface area (Å²) in [6.45, 7) is 14.4. The minimum atomic E-state index is 0.375. The van der Waals surface area contributed by atoms with Crippen LogP contribution in [0.1, 0.15) is 73.6 Å². The maximum atomic E-state index is 5.84. The molecule has 5 unspecified atom stereocenters. The van der Waals surface area contributed by atoms with Gasteiger partial charge in [-0.25, -0.2) is 0 Å². The summed E-state index contributed by atoms with van der Waals surface area (Å²) >= 11 is 0. The number of nitrogens with two attached hydrogens (primary N) is 1. The van der Waals surface area contributed by atoms with Crippen molar-refractivity contribution in [2.24, 2.45) is 34.8 Å². The first-order chi connectivity index (χ1) is 8.28. The Morgan fingerprint density at radius 3 is 2.28 bits per heavy atom. The maximum absolute atomic E-state index is 5.84. The Hall–Kier alpha value is -0.0400. The second kappa shape index (κ2) is 6.41. The normalized spacial score (nSPS) is 38.3. The predicted molar refractivity (Wildman–Crippen MR) is 81.5 cm³/mol. The van der Waals surface area contributed by atoms with Gasteiger partial charge in [0.1, 0.15) is 0 Å². The monoisotopic (exact) mass is 253 g/mol. The molecular formula is C17H35N. The molecule has 0 aromatic heterocycles. The van der Waals surface area contributed by atoms with Crippen LogP contribution < -0.4 is 5.73 Å². The van der Waals surface area contributed by atoms with Crippen LogP contribution in [0.4, 0.5) is 0 Å². The molecule has 0 aliphatic heterocycles. The average molecular weight is 253 g/mol. The van der Waals surface area contributed by atoms with Crippen molar-refractivity contribution in [3.8, 4) is 0 Å². The van der Waals surface area contributed by atoms with Crippen LogP contribution in [0.15, 0.2) is 0 Å². The standard InChI is InChI=1S/C17H35N/c1-12(2)16-15(5)13(3)11-17(16,6)10-8-7-9-14(4)18/h12-16H,7-11,18H2,1-6H3. The molecule has 1 saturated carbocycles. The van der Waals surface area contributed by atoms with Crippen molar-refractivity contribution in [3.63, 3.8) is 0 Å². The van der Waals surface area contributed by atoms with Crippen LogP contribution in [-0.2, 0) is 0 Å². The number of rotatable bonds is 6. The summed E-state index contributed by atoms with van der Waals surface area (Å²) in [4.78, 5) is 0. The van der Waals surface area contributed by atoms with Gasteiger partial charge in [0.05, 0.1) is 0 Å². The molecule has 1 aliphatic carbocycles. The van der Waals surface area contributed by atoms with Crippen LogP contribution in [0.5, 0.6) is 0 Å². The number of hydrogen-bond donors (Lipinski definition) is 1. The van der Waals surface area contributed by atoms with E-state index in [1.165, 1.54) is 32.1 Å². The molecule has 1 rings (SSSR count). The zero-order chi connectivity index (χ0) is 13.9. The lowest BCUT2D eigenvalue weighted by Crippen LogP contribution is -2.29. The van der Waals surface area contributed by atoms with Crippen molar-refractivity contribution in [1.82, 2.24) is 0 Å². The minimum absolute atomic E-state index is 0.375. The lowest BCUT2D eigenvalue weighted by Gasteiger charge is -2.36. The Balaban J connectivity index is 2.54. The van der Waals surface area contributed by atoms with E-state index in [0.29, 0.717) is 11.5 Å². The Kier molecular flexibility index (Phi) is 5.70. The topological polar surface area (TPSA) is 26.0 Å². The first kappa shape index (κ1) is 16.0. The van der Waals surface area contributed by atoms with Crippen LogP contribution in [0.3, 0.4) is 0 Å². The van der Waals surface area contributed by atoms with Crippen molar-refractivity contribution in [1.29, 1.82) is 0 Å². The molecule has 0 spiro atoms. The highest BCUT2D eigenvalue weighted by Crippen LogP contribution is 2.55. The van der Waals surface area contributed by atoms with Crippen LogP contribution in [0, 0.1) is 29.1 Å². The van der Waals surface area contributed by atoms with Gasteiger partial charge in [-0.1, -0.05) is 47.5 Å². The highest BCUT2D eigenvalue weighted by molar-refractivity contribution is 4.96.